The largest absolute Gasteiger partial charge is 0.480 e. The summed E-state index contributed by atoms with van der Waals surface area (Å²) in [6.45, 7) is 0. The fourth-order valence-corrected chi connectivity index (χ4v) is 3.51. The van der Waals surface area contributed by atoms with Crippen LogP contribution >= 0.6 is 0 Å². The van der Waals surface area contributed by atoms with E-state index in [1.54, 1.807) is 0 Å². The first-order valence-electron chi connectivity index (χ1n) is 4.71. The van der Waals surface area contributed by atoms with E-state index in [0.717, 1.165) is 11.2 Å². The van der Waals surface area contributed by atoms with E-state index >= 15 is 0 Å². The predicted molar refractivity (Wildman–Crippen MR) is 53.5 cm³/mol. The number of hydrazone groups is 1. The molecule has 7 nitrogen and oxygen atoms in total. The van der Waals surface area contributed by atoms with Crippen LogP contribution in [0.4, 0.5) is 0 Å². The van der Waals surface area contributed by atoms with Gasteiger partial charge in [-0.2, -0.15) is 5.10 Å². The molecular weight excluding hydrogens is 236 g/mol. The van der Waals surface area contributed by atoms with Gasteiger partial charge in [-0.15, -0.1) is 0 Å². The predicted octanol–water partition coefficient (Wildman–Crippen LogP) is -1.30. The van der Waals surface area contributed by atoms with Gasteiger partial charge in [-0.05, 0) is 6.42 Å². The quantitative estimate of drug-likeness (QED) is 0.610. The number of amides is 1. The molecule has 2 heterocycles. The smallest absolute Gasteiger partial charge is 0.321 e. The number of hydrogen-bond acceptors (Lipinski definition) is 5. The number of carbonyl (C=O) groups excluding carboxylic acids is 1. The van der Waals surface area contributed by atoms with E-state index in [4.69, 9.17) is 5.11 Å². The highest BCUT2D eigenvalue weighted by atomic mass is 32.2. The normalized spacial score (nSPS) is 32.2. The highest BCUT2D eigenvalue weighted by Crippen LogP contribution is 2.22. The molecule has 16 heavy (non-hydrogen) atoms. The molecule has 1 fully saturated rings. The molecule has 0 aliphatic carbocycles. The molecule has 0 radical (unpaired) electrons. The van der Waals surface area contributed by atoms with E-state index in [-0.39, 0.29) is 11.5 Å². The van der Waals surface area contributed by atoms with E-state index in [1.165, 1.54) is 0 Å². The Morgan fingerprint density at radius 1 is 1.56 bits per heavy atom. The lowest BCUT2D eigenvalue weighted by molar-refractivity contribution is -0.147. The standard InChI is InChI=1S/C8H10N2O5S/c11-7-6(8(12)13)3-9-10(7)5-1-2-16(14,15)4-5/h3,5-6H,1-2,4H2,(H,12,13). The monoisotopic (exact) mass is 246 g/mol. The SMILES string of the molecule is O=C(O)C1C=NN(C2CCS(=O)(=O)C2)C1=O. The van der Waals surface area contributed by atoms with Crippen molar-refractivity contribution in [1.82, 2.24) is 5.01 Å². The van der Waals surface area contributed by atoms with E-state index in [1.807, 2.05) is 0 Å². The minimum atomic E-state index is -3.11. The Bertz CT molecular complexity index is 469. The molecule has 1 amide bonds. The first-order valence-corrected chi connectivity index (χ1v) is 6.53. The second-order valence-corrected chi connectivity index (χ2v) is 6.05. The molecule has 2 aliphatic rings. The topological polar surface area (TPSA) is 104 Å². The third-order valence-corrected chi connectivity index (χ3v) is 4.40. The maximum Gasteiger partial charge on any atom is 0.321 e. The number of hydrogen-bond donors (Lipinski definition) is 1. The summed E-state index contributed by atoms with van der Waals surface area (Å²) in [7, 11) is -3.11. The molecule has 0 aromatic heterocycles. The first-order chi connectivity index (χ1) is 7.41. The fraction of sp³-hybridized carbons (Fsp3) is 0.625. The van der Waals surface area contributed by atoms with Gasteiger partial charge < -0.3 is 5.11 Å². The summed E-state index contributed by atoms with van der Waals surface area (Å²) >= 11 is 0. The summed E-state index contributed by atoms with van der Waals surface area (Å²) in [6, 6.07) is -0.516. The summed E-state index contributed by atoms with van der Waals surface area (Å²) in [5.41, 5.74) is 0. The van der Waals surface area contributed by atoms with Crippen molar-refractivity contribution in [3.8, 4) is 0 Å². The lowest BCUT2D eigenvalue weighted by Crippen LogP contribution is -2.38. The molecule has 0 aromatic rings. The molecule has 0 spiro atoms. The van der Waals surface area contributed by atoms with E-state index in [2.05, 4.69) is 5.10 Å². The zero-order valence-corrected chi connectivity index (χ0v) is 9.05. The van der Waals surface area contributed by atoms with Gasteiger partial charge in [0.15, 0.2) is 15.8 Å². The minimum Gasteiger partial charge on any atom is -0.480 e. The maximum atomic E-state index is 11.6. The number of carboxylic acids is 1. The Balaban J connectivity index is 2.12. The number of aliphatic carboxylic acids is 1. The zero-order valence-electron chi connectivity index (χ0n) is 8.24. The molecule has 88 valence electrons. The van der Waals surface area contributed by atoms with Crippen LogP contribution in [0.5, 0.6) is 0 Å². The van der Waals surface area contributed by atoms with Gasteiger partial charge in [-0.3, -0.25) is 9.59 Å². The summed E-state index contributed by atoms with van der Waals surface area (Å²) in [4.78, 5) is 22.2. The zero-order chi connectivity index (χ0) is 11.9. The molecule has 0 bridgehead atoms. The summed E-state index contributed by atoms with van der Waals surface area (Å²) < 4.78 is 22.4. The van der Waals surface area contributed by atoms with E-state index < -0.39 is 33.7 Å². The van der Waals surface area contributed by atoms with Gasteiger partial charge in [0.05, 0.1) is 17.5 Å². The van der Waals surface area contributed by atoms with Crippen LogP contribution in [0, 0.1) is 5.92 Å². The summed E-state index contributed by atoms with van der Waals surface area (Å²) in [5, 5.41) is 13.4. The van der Waals surface area contributed by atoms with Gasteiger partial charge in [-0.25, -0.2) is 13.4 Å². The van der Waals surface area contributed by atoms with Crippen molar-refractivity contribution >= 4 is 27.9 Å². The molecule has 2 aliphatic heterocycles. The number of rotatable bonds is 2. The van der Waals surface area contributed by atoms with Gasteiger partial charge in [0.25, 0.3) is 5.91 Å². The van der Waals surface area contributed by atoms with Crippen molar-refractivity contribution in [3.63, 3.8) is 0 Å². The van der Waals surface area contributed by atoms with Crippen molar-refractivity contribution in [2.24, 2.45) is 11.0 Å². The number of nitrogens with zero attached hydrogens (tertiary/aromatic N) is 2. The highest BCUT2D eigenvalue weighted by Gasteiger charge is 2.41. The third kappa shape index (κ3) is 1.80. The van der Waals surface area contributed by atoms with Crippen LogP contribution in [0.2, 0.25) is 0 Å². The lowest BCUT2D eigenvalue weighted by atomic mass is 10.1. The fourth-order valence-electron chi connectivity index (χ4n) is 1.81. The van der Waals surface area contributed by atoms with Crippen LogP contribution in [0.1, 0.15) is 6.42 Å². The van der Waals surface area contributed by atoms with Gasteiger partial charge in [0, 0.05) is 6.21 Å². The maximum absolute atomic E-state index is 11.6. The Morgan fingerprint density at radius 3 is 2.69 bits per heavy atom. The third-order valence-electron chi connectivity index (χ3n) is 2.65. The van der Waals surface area contributed by atoms with Gasteiger partial charge >= 0.3 is 5.97 Å². The van der Waals surface area contributed by atoms with E-state index in [9.17, 15) is 18.0 Å². The Hall–Kier alpha value is -1.44. The minimum absolute atomic E-state index is 0.0225. The highest BCUT2D eigenvalue weighted by molar-refractivity contribution is 7.91. The Kier molecular flexibility index (Phi) is 2.45. The number of carboxylic acid groups (broad SMARTS) is 1. The van der Waals surface area contributed by atoms with Gasteiger partial charge in [-0.1, -0.05) is 0 Å². The first kappa shape index (κ1) is 11.1. The molecule has 2 atom stereocenters. The van der Waals surface area contributed by atoms with Crippen LogP contribution in [-0.4, -0.2) is 54.2 Å². The van der Waals surface area contributed by atoms with Crippen molar-refractivity contribution in [1.29, 1.82) is 0 Å². The summed E-state index contributed by atoms with van der Waals surface area (Å²) in [5.74, 6) is -3.31. The second-order valence-electron chi connectivity index (χ2n) is 3.82. The van der Waals surface area contributed by atoms with Gasteiger partial charge in [0.2, 0.25) is 0 Å². The number of carbonyl (C=O) groups is 2. The molecule has 0 aromatic carbocycles. The van der Waals surface area contributed by atoms with Crippen LogP contribution in [0.3, 0.4) is 0 Å². The van der Waals surface area contributed by atoms with Crippen molar-refractivity contribution < 1.29 is 23.1 Å². The molecule has 1 saturated heterocycles. The summed E-state index contributed by atoms with van der Waals surface area (Å²) in [6.07, 6.45) is 1.35. The van der Waals surface area contributed by atoms with Crippen molar-refractivity contribution in [3.05, 3.63) is 0 Å². The molecule has 2 unspecified atom stereocenters. The molecule has 8 heteroatoms. The molecular formula is C8H10N2O5S. The lowest BCUT2D eigenvalue weighted by Gasteiger charge is -2.18. The molecule has 1 N–H and O–H groups in total. The van der Waals surface area contributed by atoms with Crippen molar-refractivity contribution in [2.75, 3.05) is 11.5 Å². The van der Waals surface area contributed by atoms with Crippen LogP contribution in [0.15, 0.2) is 5.10 Å². The average Bonchev–Trinajstić information content (AvgIpc) is 2.69. The number of sulfone groups is 1. The van der Waals surface area contributed by atoms with Gasteiger partial charge in [0.1, 0.15) is 0 Å². The Morgan fingerprint density at radius 2 is 2.25 bits per heavy atom. The van der Waals surface area contributed by atoms with Crippen molar-refractivity contribution in [2.45, 2.75) is 12.5 Å². The van der Waals surface area contributed by atoms with Crippen LogP contribution in [0.25, 0.3) is 0 Å². The van der Waals surface area contributed by atoms with Crippen LogP contribution in [-0.2, 0) is 19.4 Å². The second kappa shape index (κ2) is 3.55. The average molecular weight is 246 g/mol. The van der Waals surface area contributed by atoms with Crippen LogP contribution < -0.4 is 0 Å². The van der Waals surface area contributed by atoms with E-state index in [0.29, 0.717) is 6.42 Å². The molecule has 0 saturated carbocycles. The molecule has 2 rings (SSSR count). The Labute approximate surface area is 91.7 Å².